The number of aromatic nitrogens is 3. The van der Waals surface area contributed by atoms with Gasteiger partial charge in [0.25, 0.3) is 0 Å². The maximum Gasteiger partial charge on any atom is 0.179 e. The fourth-order valence-corrected chi connectivity index (χ4v) is 2.04. The molecule has 2 aromatic rings. The first-order valence-electron chi connectivity index (χ1n) is 5.63. The van der Waals surface area contributed by atoms with Gasteiger partial charge in [-0.3, -0.25) is 0 Å². The monoisotopic (exact) mass is 233 g/mol. The van der Waals surface area contributed by atoms with Crippen molar-refractivity contribution in [2.75, 3.05) is 25.6 Å². The molecule has 1 aliphatic rings. The third kappa shape index (κ3) is 1.65. The fourth-order valence-electron chi connectivity index (χ4n) is 2.04. The van der Waals surface area contributed by atoms with Crippen LogP contribution in [0.15, 0.2) is 12.1 Å². The number of fused-ring (bicyclic) bond motifs is 1. The van der Waals surface area contributed by atoms with Gasteiger partial charge in [0.2, 0.25) is 0 Å². The van der Waals surface area contributed by atoms with Crippen LogP contribution >= 0.6 is 0 Å². The predicted molar refractivity (Wildman–Crippen MR) is 64.7 cm³/mol. The molecule has 1 fully saturated rings. The molecule has 17 heavy (non-hydrogen) atoms. The van der Waals surface area contributed by atoms with Crippen LogP contribution in [0.3, 0.4) is 0 Å². The number of imidazole rings is 1. The Morgan fingerprint density at radius 2 is 2.35 bits per heavy atom. The van der Waals surface area contributed by atoms with E-state index in [1.165, 1.54) is 0 Å². The van der Waals surface area contributed by atoms with Gasteiger partial charge in [-0.1, -0.05) is 0 Å². The molecule has 3 rings (SSSR count). The highest BCUT2D eigenvalue weighted by atomic mass is 16.5. The average Bonchev–Trinajstić information content (AvgIpc) is 2.94. The van der Waals surface area contributed by atoms with Gasteiger partial charge in [0.05, 0.1) is 12.1 Å². The summed E-state index contributed by atoms with van der Waals surface area (Å²) in [5.41, 5.74) is 7.34. The highest BCUT2D eigenvalue weighted by Gasteiger charge is 2.35. The van der Waals surface area contributed by atoms with Gasteiger partial charge in [0, 0.05) is 13.7 Å². The van der Waals surface area contributed by atoms with Crippen LogP contribution in [-0.4, -0.2) is 35.2 Å². The summed E-state index contributed by atoms with van der Waals surface area (Å²) in [5.74, 6) is 1.55. The van der Waals surface area contributed by atoms with E-state index in [1.54, 1.807) is 0 Å². The van der Waals surface area contributed by atoms with Crippen molar-refractivity contribution in [3.8, 4) is 0 Å². The molecule has 3 heterocycles. The Morgan fingerprint density at radius 1 is 1.47 bits per heavy atom. The summed E-state index contributed by atoms with van der Waals surface area (Å²) in [6.07, 6.45) is 0.783. The summed E-state index contributed by atoms with van der Waals surface area (Å²) >= 11 is 0. The van der Waals surface area contributed by atoms with E-state index in [1.807, 2.05) is 19.2 Å². The zero-order valence-corrected chi connectivity index (χ0v) is 9.66. The lowest BCUT2D eigenvalue weighted by Crippen LogP contribution is -2.38. The SMILES string of the molecule is CNc1ccc2[nH]c(C3(N)CCOC3)nc2n1. The number of rotatable bonds is 2. The molecule has 2 aromatic heterocycles. The molecule has 0 saturated carbocycles. The molecule has 0 spiro atoms. The Kier molecular flexibility index (Phi) is 2.27. The molecule has 1 saturated heterocycles. The zero-order valence-electron chi connectivity index (χ0n) is 9.66. The lowest BCUT2D eigenvalue weighted by Gasteiger charge is -2.17. The Balaban J connectivity index is 2.07. The normalized spacial score (nSPS) is 24.4. The van der Waals surface area contributed by atoms with Gasteiger partial charge < -0.3 is 20.8 Å². The van der Waals surface area contributed by atoms with Crippen LogP contribution in [0.25, 0.3) is 11.2 Å². The Hall–Kier alpha value is -1.66. The van der Waals surface area contributed by atoms with Crippen LogP contribution in [0.4, 0.5) is 5.82 Å². The van der Waals surface area contributed by atoms with Gasteiger partial charge in [0.15, 0.2) is 5.65 Å². The summed E-state index contributed by atoms with van der Waals surface area (Å²) in [6, 6.07) is 3.85. The van der Waals surface area contributed by atoms with Crippen molar-refractivity contribution < 1.29 is 4.74 Å². The van der Waals surface area contributed by atoms with Gasteiger partial charge in [-0.2, -0.15) is 0 Å². The maximum absolute atomic E-state index is 6.25. The van der Waals surface area contributed by atoms with Gasteiger partial charge in [-0.15, -0.1) is 0 Å². The molecule has 1 atom stereocenters. The van der Waals surface area contributed by atoms with E-state index in [2.05, 4.69) is 20.3 Å². The second-order valence-electron chi connectivity index (χ2n) is 4.36. The first kappa shape index (κ1) is 10.5. The van der Waals surface area contributed by atoms with Crippen molar-refractivity contribution in [2.45, 2.75) is 12.0 Å². The van der Waals surface area contributed by atoms with Crippen LogP contribution in [0, 0.1) is 0 Å². The quantitative estimate of drug-likeness (QED) is 0.706. The lowest BCUT2D eigenvalue weighted by molar-refractivity contribution is 0.176. The molecule has 0 radical (unpaired) electrons. The van der Waals surface area contributed by atoms with Crippen LogP contribution in [0.2, 0.25) is 0 Å². The first-order chi connectivity index (χ1) is 8.21. The van der Waals surface area contributed by atoms with Crippen molar-refractivity contribution in [3.63, 3.8) is 0 Å². The average molecular weight is 233 g/mol. The molecule has 0 aromatic carbocycles. The second kappa shape index (κ2) is 3.68. The molecule has 1 unspecified atom stereocenters. The number of hydrogen-bond donors (Lipinski definition) is 3. The van der Waals surface area contributed by atoms with Gasteiger partial charge >= 0.3 is 0 Å². The molecule has 4 N–H and O–H groups in total. The zero-order chi connectivity index (χ0) is 11.9. The Bertz CT molecular complexity index is 544. The van der Waals surface area contributed by atoms with Gasteiger partial charge in [-0.25, -0.2) is 9.97 Å². The van der Waals surface area contributed by atoms with E-state index in [4.69, 9.17) is 10.5 Å². The molecule has 0 aliphatic carbocycles. The standard InChI is InChI=1S/C11H15N5O/c1-13-8-3-2-7-9(15-8)16-10(14-7)11(12)4-5-17-6-11/h2-3H,4-6,12H2,1H3,(H2,13,14,15,16). The van der Waals surface area contributed by atoms with Crippen molar-refractivity contribution in [2.24, 2.45) is 5.73 Å². The number of nitrogens with one attached hydrogen (secondary N) is 2. The summed E-state index contributed by atoms with van der Waals surface area (Å²) in [4.78, 5) is 12.1. The van der Waals surface area contributed by atoms with E-state index < -0.39 is 5.54 Å². The topological polar surface area (TPSA) is 88.9 Å². The molecular weight excluding hydrogens is 218 g/mol. The summed E-state index contributed by atoms with van der Waals surface area (Å²) in [7, 11) is 1.83. The molecule has 0 amide bonds. The summed E-state index contributed by atoms with van der Waals surface area (Å²) in [6.45, 7) is 1.19. The van der Waals surface area contributed by atoms with E-state index >= 15 is 0 Å². The van der Waals surface area contributed by atoms with Crippen molar-refractivity contribution in [3.05, 3.63) is 18.0 Å². The number of nitrogens with two attached hydrogens (primary N) is 1. The highest BCUT2D eigenvalue weighted by molar-refractivity contribution is 5.73. The third-order valence-electron chi connectivity index (χ3n) is 3.13. The minimum absolute atomic E-state index is 0.499. The molecule has 6 nitrogen and oxygen atoms in total. The van der Waals surface area contributed by atoms with Gasteiger partial charge in [0.1, 0.15) is 17.2 Å². The Morgan fingerprint density at radius 3 is 3.06 bits per heavy atom. The summed E-state index contributed by atoms with van der Waals surface area (Å²) in [5, 5.41) is 2.99. The number of ether oxygens (including phenoxy) is 1. The second-order valence-corrected chi connectivity index (χ2v) is 4.36. The van der Waals surface area contributed by atoms with Crippen LogP contribution < -0.4 is 11.1 Å². The van der Waals surface area contributed by atoms with Gasteiger partial charge in [-0.05, 0) is 18.6 Å². The van der Waals surface area contributed by atoms with Crippen molar-refractivity contribution >= 4 is 17.0 Å². The smallest absolute Gasteiger partial charge is 0.179 e. The van der Waals surface area contributed by atoms with E-state index in [-0.39, 0.29) is 0 Å². The number of pyridine rings is 1. The van der Waals surface area contributed by atoms with E-state index in [9.17, 15) is 0 Å². The molecule has 0 bridgehead atoms. The third-order valence-corrected chi connectivity index (χ3v) is 3.13. The van der Waals surface area contributed by atoms with Crippen LogP contribution in [-0.2, 0) is 10.3 Å². The number of H-pyrrole nitrogens is 1. The number of nitrogens with zero attached hydrogens (tertiary/aromatic N) is 2. The highest BCUT2D eigenvalue weighted by Crippen LogP contribution is 2.27. The van der Waals surface area contributed by atoms with Crippen molar-refractivity contribution in [1.82, 2.24) is 15.0 Å². The molecule has 90 valence electrons. The largest absolute Gasteiger partial charge is 0.379 e. The molecular formula is C11H15N5O. The molecule has 1 aliphatic heterocycles. The van der Waals surface area contributed by atoms with Crippen molar-refractivity contribution in [1.29, 1.82) is 0 Å². The van der Waals surface area contributed by atoms with Crippen LogP contribution in [0.1, 0.15) is 12.2 Å². The molecule has 6 heteroatoms. The number of aromatic amines is 1. The first-order valence-corrected chi connectivity index (χ1v) is 5.63. The predicted octanol–water partition coefficient (Wildman–Crippen LogP) is 0.574. The minimum atomic E-state index is -0.499. The number of hydrogen-bond acceptors (Lipinski definition) is 5. The summed E-state index contributed by atoms with van der Waals surface area (Å²) < 4.78 is 5.34. The minimum Gasteiger partial charge on any atom is -0.379 e. The number of anilines is 1. The van der Waals surface area contributed by atoms with Crippen LogP contribution in [0.5, 0.6) is 0 Å². The lowest BCUT2D eigenvalue weighted by atomic mass is 10.00. The Labute approximate surface area is 98.6 Å². The maximum atomic E-state index is 6.25. The fraction of sp³-hybridized carbons (Fsp3) is 0.455. The van der Waals surface area contributed by atoms with E-state index in [0.29, 0.717) is 18.9 Å². The van der Waals surface area contributed by atoms with E-state index in [0.717, 1.165) is 23.6 Å².